The quantitative estimate of drug-likeness (QED) is 0.344. The predicted molar refractivity (Wildman–Crippen MR) is 89.2 cm³/mol. The average molecular weight is 334 g/mol. The molecule has 0 unspecified atom stereocenters. The van der Waals surface area contributed by atoms with Gasteiger partial charge in [0.15, 0.2) is 0 Å². The van der Waals surface area contributed by atoms with Gasteiger partial charge in [0.25, 0.3) is 0 Å². The van der Waals surface area contributed by atoms with Crippen molar-refractivity contribution in [2.24, 2.45) is 4.99 Å². The molecular formula is C17H13Cl2NO2. The number of aliphatic imine (C=N–C) groups is 1. The molecule has 0 spiro atoms. The molecule has 0 aliphatic heterocycles. The first-order valence-corrected chi connectivity index (χ1v) is 7.26. The van der Waals surface area contributed by atoms with Gasteiger partial charge >= 0.3 is 5.97 Å². The normalized spacial score (nSPS) is 12.6. The number of esters is 1. The summed E-state index contributed by atoms with van der Waals surface area (Å²) in [5.74, 6) is -0.417. The Morgan fingerprint density at radius 2 is 1.41 bits per heavy atom. The second-order valence-corrected chi connectivity index (χ2v) is 5.29. The van der Waals surface area contributed by atoms with Crippen LogP contribution in [0.4, 0.5) is 0 Å². The molecule has 0 aliphatic rings. The topological polar surface area (TPSA) is 38.7 Å². The molecule has 0 fully saturated rings. The molecule has 2 rings (SSSR count). The van der Waals surface area contributed by atoms with Crippen LogP contribution in [0.25, 0.3) is 0 Å². The summed E-state index contributed by atoms with van der Waals surface area (Å²) in [6.45, 7) is 1.61. The number of ether oxygens (including phenoxy) is 1. The molecule has 0 atom stereocenters. The van der Waals surface area contributed by atoms with Gasteiger partial charge in [0.2, 0.25) is 5.90 Å². The van der Waals surface area contributed by atoms with Crippen LogP contribution in [0.15, 0.2) is 75.8 Å². The molecule has 0 aliphatic carbocycles. The van der Waals surface area contributed by atoms with E-state index in [1.54, 1.807) is 43.3 Å². The monoisotopic (exact) mass is 333 g/mol. The second-order valence-electron chi connectivity index (χ2n) is 4.36. The van der Waals surface area contributed by atoms with E-state index in [4.69, 9.17) is 27.9 Å². The number of carbonyl (C=O) groups excluding carboxylic acids is 1. The summed E-state index contributed by atoms with van der Waals surface area (Å²) < 4.78 is 5.38. The zero-order valence-electron chi connectivity index (χ0n) is 11.8. The Morgan fingerprint density at radius 3 is 1.91 bits per heavy atom. The van der Waals surface area contributed by atoms with Crippen molar-refractivity contribution in [2.45, 2.75) is 6.92 Å². The molecule has 0 bridgehead atoms. The van der Waals surface area contributed by atoms with Crippen molar-refractivity contribution in [1.82, 2.24) is 0 Å². The lowest BCUT2D eigenvalue weighted by Crippen LogP contribution is -2.14. The Bertz CT molecular complexity index is 706. The molecule has 0 N–H and O–H groups in total. The van der Waals surface area contributed by atoms with Crippen molar-refractivity contribution in [1.29, 1.82) is 0 Å². The molecule has 112 valence electrons. The van der Waals surface area contributed by atoms with Crippen molar-refractivity contribution in [3.05, 3.63) is 82.0 Å². The minimum absolute atomic E-state index is 0.0707. The van der Waals surface area contributed by atoms with Crippen molar-refractivity contribution in [3.63, 3.8) is 0 Å². The van der Waals surface area contributed by atoms with E-state index in [9.17, 15) is 4.79 Å². The maximum atomic E-state index is 12.2. The summed E-state index contributed by atoms with van der Waals surface area (Å²) in [6, 6.07) is 17.7. The summed E-state index contributed by atoms with van der Waals surface area (Å²) in [4.78, 5) is 16.3. The Kier molecular flexibility index (Phi) is 5.75. The van der Waals surface area contributed by atoms with Crippen molar-refractivity contribution >= 4 is 35.1 Å². The highest BCUT2D eigenvalue weighted by atomic mass is 35.5. The van der Waals surface area contributed by atoms with Crippen LogP contribution in [-0.4, -0.2) is 11.9 Å². The lowest BCUT2D eigenvalue weighted by molar-refractivity contribution is 0.0718. The highest BCUT2D eigenvalue weighted by molar-refractivity contribution is 6.39. The van der Waals surface area contributed by atoms with Crippen LogP contribution in [0.3, 0.4) is 0 Å². The number of halogens is 2. The third-order valence-electron chi connectivity index (χ3n) is 2.70. The molecule has 0 saturated carbocycles. The van der Waals surface area contributed by atoms with Crippen LogP contribution >= 0.6 is 23.2 Å². The van der Waals surface area contributed by atoms with E-state index >= 15 is 0 Å². The number of hydrogen-bond acceptors (Lipinski definition) is 3. The molecule has 2 aromatic carbocycles. The highest BCUT2D eigenvalue weighted by Gasteiger charge is 2.14. The van der Waals surface area contributed by atoms with Gasteiger partial charge in [-0.15, -0.1) is 0 Å². The molecule has 5 heteroatoms. The van der Waals surface area contributed by atoms with E-state index in [1.165, 1.54) is 0 Å². The Hall–Kier alpha value is -2.10. The van der Waals surface area contributed by atoms with Crippen LogP contribution in [-0.2, 0) is 4.74 Å². The first-order chi connectivity index (χ1) is 10.6. The largest absolute Gasteiger partial charge is 0.403 e. The van der Waals surface area contributed by atoms with Gasteiger partial charge in [0, 0.05) is 5.56 Å². The minimum atomic E-state index is -0.514. The SMILES string of the molecule is CC(Cl)=C(Cl)N=C(OC(=O)c1ccccc1)c1ccccc1. The lowest BCUT2D eigenvalue weighted by atomic mass is 10.2. The average Bonchev–Trinajstić information content (AvgIpc) is 2.55. The summed E-state index contributed by atoms with van der Waals surface area (Å²) in [5.41, 5.74) is 1.05. The number of hydrogen-bond donors (Lipinski definition) is 0. The maximum Gasteiger partial charge on any atom is 0.344 e. The van der Waals surface area contributed by atoms with Gasteiger partial charge in [-0.25, -0.2) is 4.79 Å². The Balaban J connectivity index is 2.34. The Morgan fingerprint density at radius 1 is 0.909 bits per heavy atom. The van der Waals surface area contributed by atoms with E-state index in [2.05, 4.69) is 4.99 Å². The molecule has 0 radical (unpaired) electrons. The first kappa shape index (κ1) is 16.3. The van der Waals surface area contributed by atoms with Crippen molar-refractivity contribution in [2.75, 3.05) is 0 Å². The standard InChI is InChI=1S/C17H13Cl2NO2/c1-12(18)15(19)20-16(13-8-4-2-5-9-13)22-17(21)14-10-6-3-7-11-14/h2-11H,1H3. The lowest BCUT2D eigenvalue weighted by Gasteiger charge is -2.08. The van der Waals surface area contributed by atoms with Gasteiger partial charge in [-0.2, -0.15) is 4.99 Å². The molecule has 22 heavy (non-hydrogen) atoms. The van der Waals surface area contributed by atoms with Crippen LogP contribution < -0.4 is 0 Å². The Labute approximate surface area is 138 Å². The number of carbonyl (C=O) groups is 1. The van der Waals surface area contributed by atoms with Gasteiger partial charge in [0.05, 0.1) is 10.6 Å². The van der Waals surface area contributed by atoms with Gasteiger partial charge in [-0.1, -0.05) is 59.6 Å². The fourth-order valence-corrected chi connectivity index (χ4v) is 1.73. The highest BCUT2D eigenvalue weighted by Crippen LogP contribution is 2.17. The molecule has 0 aromatic heterocycles. The van der Waals surface area contributed by atoms with Crippen molar-refractivity contribution < 1.29 is 9.53 Å². The van der Waals surface area contributed by atoms with E-state index in [-0.39, 0.29) is 11.1 Å². The molecule has 0 heterocycles. The van der Waals surface area contributed by atoms with E-state index in [0.29, 0.717) is 16.2 Å². The van der Waals surface area contributed by atoms with Crippen LogP contribution in [0.5, 0.6) is 0 Å². The zero-order chi connectivity index (χ0) is 15.9. The second kappa shape index (κ2) is 7.78. The summed E-state index contributed by atoms with van der Waals surface area (Å²) in [6.07, 6.45) is 0. The molecule has 3 nitrogen and oxygen atoms in total. The van der Waals surface area contributed by atoms with Crippen LogP contribution in [0.2, 0.25) is 0 Å². The zero-order valence-corrected chi connectivity index (χ0v) is 13.3. The maximum absolute atomic E-state index is 12.2. The predicted octanol–water partition coefficient (Wildman–Crippen LogP) is 4.96. The number of nitrogens with zero attached hydrogens (tertiary/aromatic N) is 1. The van der Waals surface area contributed by atoms with Gasteiger partial charge < -0.3 is 4.74 Å². The summed E-state index contributed by atoms with van der Waals surface area (Å²) in [5, 5.41) is 0.382. The summed E-state index contributed by atoms with van der Waals surface area (Å²) >= 11 is 11.8. The third-order valence-corrected chi connectivity index (χ3v) is 3.35. The minimum Gasteiger partial charge on any atom is -0.403 e. The molecular weight excluding hydrogens is 321 g/mol. The number of rotatable bonds is 3. The molecule has 2 aromatic rings. The van der Waals surface area contributed by atoms with Gasteiger partial charge in [0.1, 0.15) is 5.16 Å². The number of allylic oxidation sites excluding steroid dienone is 1. The van der Waals surface area contributed by atoms with Crippen LogP contribution in [0, 0.1) is 0 Å². The number of benzene rings is 2. The van der Waals surface area contributed by atoms with Gasteiger partial charge in [-0.3, -0.25) is 0 Å². The van der Waals surface area contributed by atoms with Crippen molar-refractivity contribution in [3.8, 4) is 0 Å². The summed E-state index contributed by atoms with van der Waals surface area (Å²) in [7, 11) is 0. The fourth-order valence-electron chi connectivity index (χ4n) is 1.61. The van der Waals surface area contributed by atoms with E-state index in [1.807, 2.05) is 24.3 Å². The third kappa shape index (κ3) is 4.45. The fraction of sp³-hybridized carbons (Fsp3) is 0.0588. The van der Waals surface area contributed by atoms with E-state index < -0.39 is 5.97 Å². The van der Waals surface area contributed by atoms with Gasteiger partial charge in [-0.05, 0) is 31.2 Å². The first-order valence-electron chi connectivity index (χ1n) is 6.51. The van der Waals surface area contributed by atoms with E-state index in [0.717, 1.165) is 0 Å². The smallest absolute Gasteiger partial charge is 0.344 e. The molecule has 0 saturated heterocycles. The van der Waals surface area contributed by atoms with Crippen LogP contribution in [0.1, 0.15) is 22.8 Å². The molecule has 0 amide bonds.